The minimum atomic E-state index is 0.458. The summed E-state index contributed by atoms with van der Waals surface area (Å²) in [4.78, 5) is 4.59. The lowest BCUT2D eigenvalue weighted by Gasteiger charge is -2.14. The van der Waals surface area contributed by atoms with E-state index in [-0.39, 0.29) is 0 Å². The van der Waals surface area contributed by atoms with Crippen LogP contribution in [0.15, 0.2) is 40.0 Å². The molecule has 1 heterocycles. The second-order valence-corrected chi connectivity index (χ2v) is 6.86. The average Bonchev–Trinajstić information content (AvgIpc) is 3.18. The summed E-state index contributed by atoms with van der Waals surface area (Å²) in [5.41, 5.74) is 2.20. The number of rotatable bonds is 14. The summed E-state index contributed by atoms with van der Waals surface area (Å²) >= 11 is 0. The normalized spacial score (nSPS) is 11.3. The molecule has 0 bridgehead atoms. The van der Waals surface area contributed by atoms with Crippen molar-refractivity contribution < 1.29 is 23.6 Å². The molecular formula is C23H32N2O5. The first kappa shape index (κ1) is 23.3. The van der Waals surface area contributed by atoms with Gasteiger partial charge in [-0.2, -0.15) is 0 Å². The van der Waals surface area contributed by atoms with E-state index in [9.17, 15) is 0 Å². The van der Waals surface area contributed by atoms with Crippen LogP contribution in [0.3, 0.4) is 0 Å². The minimum Gasteiger partial charge on any atom is -0.493 e. The van der Waals surface area contributed by atoms with Crippen LogP contribution in [-0.2, 0) is 4.84 Å². The van der Waals surface area contributed by atoms with Gasteiger partial charge in [0, 0.05) is 0 Å². The zero-order chi connectivity index (χ0) is 21.6. The smallest absolute Gasteiger partial charge is 0.254 e. The maximum atomic E-state index is 6.01. The Kier molecular flexibility index (Phi) is 10.3. The number of nitrogens with zero attached hydrogens (tertiary/aromatic N) is 2. The molecule has 0 radical (unpaired) electrons. The molecule has 0 atom stereocenters. The van der Waals surface area contributed by atoms with Crippen molar-refractivity contribution in [3.8, 4) is 17.4 Å². The third-order valence-corrected chi connectivity index (χ3v) is 4.34. The highest BCUT2D eigenvalue weighted by atomic mass is 16.6. The van der Waals surface area contributed by atoms with Gasteiger partial charge in [0.05, 0.1) is 19.3 Å². The fraction of sp³-hybridized carbons (Fsp3) is 0.478. The Morgan fingerprint density at radius 1 is 0.967 bits per heavy atom. The average molecular weight is 417 g/mol. The Bertz CT molecular complexity index is 791. The lowest BCUT2D eigenvalue weighted by molar-refractivity contribution is 0.214. The Labute approximate surface area is 178 Å². The van der Waals surface area contributed by atoms with E-state index in [1.165, 1.54) is 13.3 Å². The summed E-state index contributed by atoms with van der Waals surface area (Å²) in [6.45, 7) is 7.97. The first-order chi connectivity index (χ1) is 14.6. The van der Waals surface area contributed by atoms with E-state index >= 15 is 0 Å². The maximum Gasteiger partial charge on any atom is 0.254 e. The van der Waals surface area contributed by atoms with Gasteiger partial charge in [0.25, 0.3) is 5.88 Å². The van der Waals surface area contributed by atoms with Crippen LogP contribution in [0.4, 0.5) is 0 Å². The first-order valence-electron chi connectivity index (χ1n) is 10.3. The molecule has 7 heteroatoms. The zero-order valence-corrected chi connectivity index (χ0v) is 18.3. The summed E-state index contributed by atoms with van der Waals surface area (Å²) in [7, 11) is 1.47. The SMILES string of the molecule is C/C=C/COc1cc(C)c(OCCCCCCOc2cc(/C=N/OC)on2)c(C)c1. The number of benzene rings is 1. The Morgan fingerprint density at radius 3 is 2.33 bits per heavy atom. The van der Waals surface area contributed by atoms with Crippen molar-refractivity contribution in [3.05, 3.63) is 47.2 Å². The van der Waals surface area contributed by atoms with Crippen molar-refractivity contribution in [2.24, 2.45) is 5.16 Å². The lowest BCUT2D eigenvalue weighted by atomic mass is 10.1. The van der Waals surface area contributed by atoms with E-state index in [0.717, 1.165) is 48.3 Å². The molecule has 2 aromatic rings. The number of unbranched alkanes of at least 4 members (excludes halogenated alkanes) is 3. The van der Waals surface area contributed by atoms with E-state index in [1.807, 2.05) is 31.2 Å². The molecule has 0 saturated heterocycles. The fourth-order valence-corrected chi connectivity index (χ4v) is 2.88. The van der Waals surface area contributed by atoms with E-state index in [2.05, 4.69) is 29.0 Å². The van der Waals surface area contributed by atoms with Crippen molar-refractivity contribution in [1.82, 2.24) is 5.16 Å². The van der Waals surface area contributed by atoms with Crippen LogP contribution in [0.2, 0.25) is 0 Å². The number of oxime groups is 1. The first-order valence-corrected chi connectivity index (χ1v) is 10.3. The Hall–Kier alpha value is -2.96. The Balaban J connectivity index is 1.60. The molecule has 0 amide bonds. The van der Waals surface area contributed by atoms with E-state index in [1.54, 1.807) is 6.07 Å². The van der Waals surface area contributed by atoms with Gasteiger partial charge in [-0.1, -0.05) is 17.3 Å². The second-order valence-electron chi connectivity index (χ2n) is 6.86. The maximum absolute atomic E-state index is 6.01. The highest BCUT2D eigenvalue weighted by molar-refractivity contribution is 5.75. The van der Waals surface area contributed by atoms with E-state index < -0.39 is 0 Å². The third-order valence-electron chi connectivity index (χ3n) is 4.34. The number of ether oxygens (including phenoxy) is 3. The molecule has 7 nitrogen and oxygen atoms in total. The number of aromatic nitrogens is 1. The molecule has 0 unspecified atom stereocenters. The van der Waals surface area contributed by atoms with Gasteiger partial charge < -0.3 is 23.6 Å². The van der Waals surface area contributed by atoms with Gasteiger partial charge in [0.2, 0.25) is 0 Å². The molecular weight excluding hydrogens is 384 g/mol. The van der Waals surface area contributed by atoms with Gasteiger partial charge in [0.15, 0.2) is 5.76 Å². The molecule has 2 rings (SSSR count). The molecule has 30 heavy (non-hydrogen) atoms. The molecule has 1 aromatic heterocycles. The van der Waals surface area contributed by atoms with Crippen LogP contribution in [-0.4, -0.2) is 38.3 Å². The van der Waals surface area contributed by atoms with Crippen LogP contribution in [0.25, 0.3) is 0 Å². The number of hydrogen-bond acceptors (Lipinski definition) is 7. The van der Waals surface area contributed by atoms with Gasteiger partial charge >= 0.3 is 0 Å². The molecule has 0 aliphatic rings. The van der Waals surface area contributed by atoms with E-state index in [0.29, 0.717) is 31.5 Å². The van der Waals surface area contributed by atoms with Gasteiger partial charge in [-0.15, -0.1) is 0 Å². The van der Waals surface area contributed by atoms with Crippen LogP contribution in [0.5, 0.6) is 17.4 Å². The van der Waals surface area contributed by atoms with Gasteiger partial charge in [-0.05, 0) is 74.9 Å². The topological polar surface area (TPSA) is 75.3 Å². The highest BCUT2D eigenvalue weighted by Gasteiger charge is 2.07. The van der Waals surface area contributed by atoms with Crippen molar-refractivity contribution in [1.29, 1.82) is 0 Å². The molecule has 164 valence electrons. The summed E-state index contributed by atoms with van der Waals surface area (Å²) in [6.07, 6.45) is 9.50. The van der Waals surface area contributed by atoms with Crippen molar-refractivity contribution >= 4 is 6.21 Å². The number of hydrogen-bond donors (Lipinski definition) is 0. The fourth-order valence-electron chi connectivity index (χ4n) is 2.88. The monoisotopic (exact) mass is 416 g/mol. The third kappa shape index (κ3) is 8.19. The number of allylic oxidation sites excluding steroid dienone is 1. The molecule has 0 saturated carbocycles. The van der Waals surface area contributed by atoms with Gasteiger partial charge in [-0.25, -0.2) is 0 Å². The van der Waals surface area contributed by atoms with Crippen molar-refractivity contribution in [2.45, 2.75) is 46.5 Å². The molecule has 0 fully saturated rings. The van der Waals surface area contributed by atoms with Crippen LogP contribution >= 0.6 is 0 Å². The molecule has 0 aliphatic heterocycles. The van der Waals surface area contributed by atoms with Crippen LogP contribution in [0, 0.1) is 13.8 Å². The summed E-state index contributed by atoms with van der Waals surface area (Å²) in [5, 5.41) is 7.43. The van der Waals surface area contributed by atoms with Crippen LogP contribution in [0.1, 0.15) is 49.5 Å². The van der Waals surface area contributed by atoms with Gasteiger partial charge in [-0.3, -0.25) is 0 Å². The Morgan fingerprint density at radius 2 is 1.67 bits per heavy atom. The molecule has 1 aromatic carbocycles. The molecule has 0 N–H and O–H groups in total. The van der Waals surface area contributed by atoms with E-state index in [4.69, 9.17) is 18.7 Å². The van der Waals surface area contributed by atoms with Crippen LogP contribution < -0.4 is 14.2 Å². The number of aryl methyl sites for hydroxylation is 2. The minimum absolute atomic E-state index is 0.458. The lowest BCUT2D eigenvalue weighted by Crippen LogP contribution is -2.03. The standard InChI is InChI=1S/C23H32N2O5/c1-5-6-11-27-20-14-18(2)23(19(3)15-20)29-13-10-8-7-9-12-28-22-16-21(30-25-22)17-24-26-4/h5-6,14-17H,7-13H2,1-4H3/b6-5+,24-17+. The van der Waals surface area contributed by atoms with Gasteiger partial charge in [0.1, 0.15) is 31.4 Å². The quantitative estimate of drug-likeness (QED) is 0.181. The summed E-state index contributed by atoms with van der Waals surface area (Å²) in [6, 6.07) is 5.73. The second kappa shape index (κ2) is 13.3. The predicted molar refractivity (Wildman–Crippen MR) is 117 cm³/mol. The molecule has 0 aliphatic carbocycles. The summed E-state index contributed by atoms with van der Waals surface area (Å²) < 4.78 is 22.3. The van der Waals surface area contributed by atoms with Crippen molar-refractivity contribution in [3.63, 3.8) is 0 Å². The largest absolute Gasteiger partial charge is 0.493 e. The summed E-state index contributed by atoms with van der Waals surface area (Å²) in [5.74, 6) is 2.78. The predicted octanol–water partition coefficient (Wildman–Crippen LogP) is 5.24. The zero-order valence-electron chi connectivity index (χ0n) is 18.3. The van der Waals surface area contributed by atoms with Crippen molar-refractivity contribution in [2.75, 3.05) is 26.9 Å². The highest BCUT2D eigenvalue weighted by Crippen LogP contribution is 2.28. The molecule has 0 spiro atoms.